The Balaban J connectivity index is 1.69. The maximum Gasteiger partial charge on any atom is 0.243 e. The molecule has 0 bridgehead atoms. The second-order valence-corrected chi connectivity index (χ2v) is 6.24. The Labute approximate surface area is 124 Å². The van der Waals surface area contributed by atoms with Crippen LogP contribution < -0.4 is 5.32 Å². The van der Waals surface area contributed by atoms with Crippen LogP contribution in [0.15, 0.2) is 48.7 Å². The Morgan fingerprint density at radius 2 is 1.81 bits per heavy atom. The van der Waals surface area contributed by atoms with Crippen molar-refractivity contribution in [3.05, 3.63) is 59.8 Å². The van der Waals surface area contributed by atoms with E-state index in [1.54, 1.807) is 4.52 Å². The normalized spacial score (nSPS) is 11.8. The Kier molecular flexibility index (Phi) is 3.37. The zero-order chi connectivity index (χ0) is 14.9. The molecule has 0 fully saturated rings. The maximum atomic E-state index is 4.43. The predicted octanol–water partition coefficient (Wildman–Crippen LogP) is 3.64. The Morgan fingerprint density at radius 3 is 2.48 bits per heavy atom. The number of nitrogens with zero attached hydrogens (tertiary/aromatic N) is 3. The monoisotopic (exact) mass is 280 g/mol. The fraction of sp³-hybridized carbons (Fsp3) is 0.294. The summed E-state index contributed by atoms with van der Waals surface area (Å²) in [7, 11) is 0. The number of fused-ring (bicyclic) bond motifs is 1. The van der Waals surface area contributed by atoms with Crippen LogP contribution in [0.2, 0.25) is 0 Å². The molecule has 0 aliphatic rings. The van der Waals surface area contributed by atoms with Crippen LogP contribution >= 0.6 is 0 Å². The molecule has 2 aromatic heterocycles. The molecule has 1 N–H and O–H groups in total. The highest BCUT2D eigenvalue weighted by Crippen LogP contribution is 2.22. The van der Waals surface area contributed by atoms with Gasteiger partial charge in [0.1, 0.15) is 0 Å². The van der Waals surface area contributed by atoms with Gasteiger partial charge in [-0.3, -0.25) is 0 Å². The fourth-order valence-corrected chi connectivity index (χ4v) is 2.21. The van der Waals surface area contributed by atoms with Gasteiger partial charge in [-0.15, -0.1) is 5.10 Å². The molecule has 0 aliphatic heterocycles. The highest BCUT2D eigenvalue weighted by atomic mass is 15.3. The molecule has 3 aromatic rings. The molecule has 0 amide bonds. The average molecular weight is 280 g/mol. The number of benzene rings is 1. The zero-order valence-electron chi connectivity index (χ0n) is 12.7. The van der Waals surface area contributed by atoms with E-state index in [9.17, 15) is 0 Å². The van der Waals surface area contributed by atoms with Crippen molar-refractivity contribution in [2.24, 2.45) is 0 Å². The van der Waals surface area contributed by atoms with Crippen LogP contribution in [0.5, 0.6) is 0 Å². The van der Waals surface area contributed by atoms with Gasteiger partial charge in [0.15, 0.2) is 5.65 Å². The minimum atomic E-state index is 0.190. The van der Waals surface area contributed by atoms with Crippen molar-refractivity contribution in [2.75, 3.05) is 5.32 Å². The van der Waals surface area contributed by atoms with Crippen LogP contribution in [-0.2, 0) is 12.0 Å². The molecule has 0 unspecified atom stereocenters. The molecule has 4 heteroatoms. The highest BCUT2D eigenvalue weighted by Gasteiger charge is 2.12. The van der Waals surface area contributed by atoms with Crippen LogP contribution in [0.3, 0.4) is 0 Å². The summed E-state index contributed by atoms with van der Waals surface area (Å²) in [4.78, 5) is 4.43. The molecule has 0 spiro atoms. The Hall–Kier alpha value is -2.36. The van der Waals surface area contributed by atoms with E-state index in [2.05, 4.69) is 60.4 Å². The van der Waals surface area contributed by atoms with Gasteiger partial charge in [0.2, 0.25) is 5.95 Å². The van der Waals surface area contributed by atoms with E-state index in [-0.39, 0.29) is 5.41 Å². The average Bonchev–Trinajstić information content (AvgIpc) is 2.87. The van der Waals surface area contributed by atoms with Crippen molar-refractivity contribution < 1.29 is 0 Å². The first-order chi connectivity index (χ1) is 10.0. The molecule has 0 radical (unpaired) electrons. The summed E-state index contributed by atoms with van der Waals surface area (Å²) in [6.07, 6.45) is 1.89. The lowest BCUT2D eigenvalue weighted by molar-refractivity contribution is 0.590. The number of pyridine rings is 1. The van der Waals surface area contributed by atoms with E-state index >= 15 is 0 Å². The molecule has 108 valence electrons. The molecular weight excluding hydrogens is 260 g/mol. The Morgan fingerprint density at radius 1 is 1.05 bits per heavy atom. The topological polar surface area (TPSA) is 42.2 Å². The first kappa shape index (κ1) is 13.6. The molecule has 0 atom stereocenters. The van der Waals surface area contributed by atoms with Crippen molar-refractivity contribution in [2.45, 2.75) is 32.7 Å². The van der Waals surface area contributed by atoms with Gasteiger partial charge in [0.25, 0.3) is 0 Å². The lowest BCUT2D eigenvalue weighted by Gasteiger charge is -2.19. The van der Waals surface area contributed by atoms with E-state index in [4.69, 9.17) is 0 Å². The van der Waals surface area contributed by atoms with Crippen LogP contribution in [0.4, 0.5) is 5.95 Å². The SMILES string of the molecule is CC(C)(C)c1ccc(CNc2nc3ccccn3n2)cc1. The van der Waals surface area contributed by atoms with Crippen molar-refractivity contribution >= 4 is 11.6 Å². The quantitative estimate of drug-likeness (QED) is 0.796. The second-order valence-electron chi connectivity index (χ2n) is 6.24. The summed E-state index contributed by atoms with van der Waals surface area (Å²) in [6, 6.07) is 14.5. The van der Waals surface area contributed by atoms with Gasteiger partial charge in [-0.05, 0) is 28.7 Å². The molecule has 0 saturated heterocycles. The fourth-order valence-electron chi connectivity index (χ4n) is 2.21. The lowest BCUT2D eigenvalue weighted by Crippen LogP contribution is -2.11. The smallest absolute Gasteiger partial charge is 0.243 e. The molecule has 0 aliphatic carbocycles. The van der Waals surface area contributed by atoms with Crippen LogP contribution in [-0.4, -0.2) is 14.6 Å². The molecule has 3 rings (SSSR count). The van der Waals surface area contributed by atoms with Gasteiger partial charge < -0.3 is 5.32 Å². The molecular formula is C17H20N4. The van der Waals surface area contributed by atoms with Gasteiger partial charge >= 0.3 is 0 Å². The minimum Gasteiger partial charge on any atom is -0.349 e. The van der Waals surface area contributed by atoms with Gasteiger partial charge in [0.05, 0.1) is 0 Å². The molecule has 21 heavy (non-hydrogen) atoms. The van der Waals surface area contributed by atoms with Gasteiger partial charge in [-0.1, -0.05) is 51.1 Å². The summed E-state index contributed by atoms with van der Waals surface area (Å²) in [5, 5.41) is 7.64. The number of rotatable bonds is 3. The maximum absolute atomic E-state index is 4.43. The van der Waals surface area contributed by atoms with Crippen molar-refractivity contribution in [3.63, 3.8) is 0 Å². The number of nitrogens with one attached hydrogen (secondary N) is 1. The molecule has 1 aromatic carbocycles. The second kappa shape index (κ2) is 5.20. The van der Waals surface area contributed by atoms with Crippen LogP contribution in [0.1, 0.15) is 31.9 Å². The molecule has 4 nitrogen and oxygen atoms in total. The van der Waals surface area contributed by atoms with Gasteiger partial charge in [-0.2, -0.15) is 4.98 Å². The highest BCUT2D eigenvalue weighted by molar-refractivity contribution is 5.43. The summed E-state index contributed by atoms with van der Waals surface area (Å²) in [5.74, 6) is 0.654. The number of aromatic nitrogens is 3. The third kappa shape index (κ3) is 3.05. The van der Waals surface area contributed by atoms with Crippen molar-refractivity contribution in [1.29, 1.82) is 0 Å². The Bertz CT molecular complexity index is 702. The van der Waals surface area contributed by atoms with E-state index in [0.717, 1.165) is 12.2 Å². The molecule has 2 heterocycles. The largest absolute Gasteiger partial charge is 0.349 e. The van der Waals surface area contributed by atoms with E-state index in [1.807, 2.05) is 24.4 Å². The standard InChI is InChI=1S/C17H20N4/c1-17(2,3)14-9-7-13(8-10-14)12-18-16-19-15-6-4-5-11-21(15)20-16/h4-11H,12H2,1-3H3,(H,18,20). The summed E-state index contributed by atoms with van der Waals surface area (Å²) in [5.41, 5.74) is 3.61. The number of hydrogen-bond acceptors (Lipinski definition) is 3. The number of hydrogen-bond donors (Lipinski definition) is 1. The number of anilines is 1. The van der Waals surface area contributed by atoms with E-state index < -0.39 is 0 Å². The van der Waals surface area contributed by atoms with E-state index in [1.165, 1.54) is 11.1 Å². The van der Waals surface area contributed by atoms with Crippen LogP contribution in [0, 0.1) is 0 Å². The van der Waals surface area contributed by atoms with Gasteiger partial charge in [-0.25, -0.2) is 4.52 Å². The van der Waals surface area contributed by atoms with Crippen molar-refractivity contribution in [3.8, 4) is 0 Å². The third-order valence-electron chi connectivity index (χ3n) is 3.51. The van der Waals surface area contributed by atoms with Crippen molar-refractivity contribution in [1.82, 2.24) is 14.6 Å². The first-order valence-corrected chi connectivity index (χ1v) is 7.17. The zero-order valence-corrected chi connectivity index (χ0v) is 12.7. The first-order valence-electron chi connectivity index (χ1n) is 7.17. The summed E-state index contributed by atoms with van der Waals surface area (Å²) >= 11 is 0. The third-order valence-corrected chi connectivity index (χ3v) is 3.51. The van der Waals surface area contributed by atoms with Gasteiger partial charge in [0, 0.05) is 12.7 Å². The summed E-state index contributed by atoms with van der Waals surface area (Å²) < 4.78 is 1.77. The van der Waals surface area contributed by atoms with Crippen LogP contribution in [0.25, 0.3) is 5.65 Å². The molecule has 0 saturated carbocycles. The predicted molar refractivity (Wildman–Crippen MR) is 85.5 cm³/mol. The lowest BCUT2D eigenvalue weighted by atomic mass is 9.87. The summed E-state index contributed by atoms with van der Waals surface area (Å²) in [6.45, 7) is 7.39. The minimum absolute atomic E-state index is 0.190. The van der Waals surface area contributed by atoms with E-state index in [0.29, 0.717) is 5.95 Å².